The molecule has 10 heteroatoms. The molecule has 110 heavy (non-hydrogen) atoms. The highest BCUT2D eigenvalue weighted by Crippen LogP contribution is 2.50. The van der Waals surface area contributed by atoms with Crippen molar-refractivity contribution in [1.82, 2.24) is 44.3 Å². The molecule has 1 aliphatic carbocycles. The van der Waals surface area contributed by atoms with Crippen molar-refractivity contribution in [1.29, 1.82) is 5.26 Å². The maximum Gasteiger partial charge on any atom is 0.168 e. The number of rotatable bonds is 6. The molecule has 0 radical (unpaired) electrons. The fourth-order valence-corrected chi connectivity index (χ4v) is 17.0. The zero-order valence-corrected chi connectivity index (χ0v) is 59.6. The Morgan fingerprint density at radius 3 is 1.02 bits per heavy atom. The second-order valence-corrected chi connectivity index (χ2v) is 28.6. The van der Waals surface area contributed by atoms with Crippen molar-refractivity contribution in [3.63, 3.8) is 0 Å². The van der Waals surface area contributed by atoms with Crippen molar-refractivity contribution < 1.29 is 6.85 Å². The molecular weight excluding hydrogens is 1340 g/mol. The van der Waals surface area contributed by atoms with Crippen LogP contribution < -0.4 is 0 Å². The fraction of sp³-hybridized carbons (Fsp3) is 0.0300. The van der Waals surface area contributed by atoms with Crippen molar-refractivity contribution >= 4 is 130 Å². The van der Waals surface area contributed by atoms with Gasteiger partial charge in [0, 0.05) is 86.7 Å². The van der Waals surface area contributed by atoms with Gasteiger partial charge in [0.2, 0.25) is 0 Å². The van der Waals surface area contributed by atoms with Crippen molar-refractivity contribution in [3.05, 3.63) is 368 Å². The van der Waals surface area contributed by atoms with Gasteiger partial charge in [-0.3, -0.25) is 13.7 Å². The van der Waals surface area contributed by atoms with Gasteiger partial charge in [0.1, 0.15) is 17.1 Å². The van der Waals surface area contributed by atoms with E-state index in [1.165, 1.54) is 65.3 Å². The van der Waals surface area contributed by atoms with E-state index in [2.05, 4.69) is 280 Å². The van der Waals surface area contributed by atoms with Crippen LogP contribution in [-0.4, -0.2) is 44.3 Å². The Morgan fingerprint density at radius 1 is 0.273 bits per heavy atom. The van der Waals surface area contributed by atoms with E-state index in [0.29, 0.717) is 16.8 Å². The predicted molar refractivity (Wildman–Crippen MR) is 453 cm³/mol. The average Bonchev–Trinajstić information content (AvgIpc) is 1.63. The van der Waals surface area contributed by atoms with Crippen LogP contribution >= 0.6 is 0 Å². The maximum atomic E-state index is 9.17. The Hall–Kier alpha value is -14.8. The monoisotopic (exact) mass is 1410 g/mol. The van der Waals surface area contributed by atoms with E-state index in [-0.39, 0.29) is 28.8 Å². The summed E-state index contributed by atoms with van der Waals surface area (Å²) < 4.78 is 47.8. The first-order valence-corrected chi connectivity index (χ1v) is 36.7. The van der Waals surface area contributed by atoms with Crippen LogP contribution in [0.3, 0.4) is 0 Å². The fourth-order valence-electron chi connectivity index (χ4n) is 17.0. The van der Waals surface area contributed by atoms with E-state index in [0.717, 1.165) is 116 Å². The lowest BCUT2D eigenvalue weighted by atomic mass is 9.82. The molecule has 10 nitrogen and oxygen atoms in total. The van der Waals surface area contributed by atoms with Crippen LogP contribution in [0.2, 0.25) is 0 Å². The second-order valence-electron chi connectivity index (χ2n) is 28.6. The quantitative estimate of drug-likeness (QED) is 0.163. The molecule has 0 saturated heterocycles. The van der Waals surface area contributed by atoms with E-state index in [9.17, 15) is 5.26 Å². The standard InChI is InChI=1S/C39H27N3.C31H18N4.C30H19N3/c1-39(2)33-17-9-7-13-27(33)31-22-26(19-20-34(31)39)37-29-15-5-6-16-30(29)38(41-40-37)42-35-18-10-8-14-28(35)32-21-24-11-3-4-12-25(24)23-36(32)42;32-19-20-13-15-21(16-14-20)30-25-10-3-4-11-26(25)31(34-33-30)35-28-12-6-5-9-24(28)27-17-22-7-1-2-8-23(22)18-29(27)35;1-2-10-20(11-3-1)29-24-15-6-7-16-25(24)30(32-31-29)33-27-17-9-8-14-23(27)26-18-21-12-4-5-13-22(21)19-28(26)33/h3-23H,1-2H3;1-18H;1-19H/i;;1D,2D,3D,10D,11D. The summed E-state index contributed by atoms with van der Waals surface area (Å²) in [6.45, 7) is 4.63. The average molecular weight is 1410 g/mol. The van der Waals surface area contributed by atoms with Gasteiger partial charge in [-0.05, 0) is 127 Å². The Labute approximate surface area is 638 Å². The third-order valence-electron chi connectivity index (χ3n) is 22.1. The van der Waals surface area contributed by atoms with Gasteiger partial charge < -0.3 is 0 Å². The Bertz CT molecular complexity index is 7900. The maximum absolute atomic E-state index is 9.17. The van der Waals surface area contributed by atoms with Crippen molar-refractivity contribution in [2.24, 2.45) is 0 Å². The Morgan fingerprint density at radius 2 is 0.600 bits per heavy atom. The van der Waals surface area contributed by atoms with E-state index in [4.69, 9.17) is 27.2 Å². The van der Waals surface area contributed by atoms with Crippen molar-refractivity contribution in [3.8, 4) is 68.4 Å². The topological polar surface area (TPSA) is 116 Å². The predicted octanol–water partition coefficient (Wildman–Crippen LogP) is 24.8. The lowest BCUT2D eigenvalue weighted by Crippen LogP contribution is -2.14. The zero-order chi connectivity index (χ0) is 77.5. The van der Waals surface area contributed by atoms with E-state index in [1.54, 1.807) is 0 Å². The summed E-state index contributed by atoms with van der Waals surface area (Å²) in [7, 11) is 0. The molecule has 0 fully saturated rings. The minimum absolute atomic E-state index is 0.0250. The summed E-state index contributed by atoms with van der Waals surface area (Å²) >= 11 is 0. The van der Waals surface area contributed by atoms with Crippen LogP contribution in [0.5, 0.6) is 0 Å². The first-order valence-electron chi connectivity index (χ1n) is 39.2. The first kappa shape index (κ1) is 58.5. The summed E-state index contributed by atoms with van der Waals surface area (Å²) in [6, 6.07) is 112. The summed E-state index contributed by atoms with van der Waals surface area (Å²) in [6.07, 6.45) is 0. The van der Waals surface area contributed by atoms with Gasteiger partial charge in [-0.1, -0.05) is 293 Å². The number of hydrogen-bond acceptors (Lipinski definition) is 7. The van der Waals surface area contributed by atoms with Crippen molar-refractivity contribution in [2.75, 3.05) is 0 Å². The molecule has 0 unspecified atom stereocenters. The van der Waals surface area contributed by atoms with Gasteiger partial charge >= 0.3 is 0 Å². The molecule has 1 aliphatic rings. The highest BCUT2D eigenvalue weighted by Gasteiger charge is 2.36. The molecule has 0 bridgehead atoms. The molecule has 0 N–H and O–H groups in total. The molecule has 23 rings (SSSR count). The number of hydrogen-bond donors (Lipinski definition) is 0. The van der Waals surface area contributed by atoms with Gasteiger partial charge in [0.25, 0.3) is 0 Å². The lowest BCUT2D eigenvalue weighted by Gasteiger charge is -2.21. The van der Waals surface area contributed by atoms with E-state index < -0.39 is 18.1 Å². The molecule has 514 valence electrons. The summed E-state index contributed by atoms with van der Waals surface area (Å²) in [5.74, 6) is 2.26. The Balaban J connectivity index is 0.000000109. The van der Waals surface area contributed by atoms with Gasteiger partial charge in [-0.15, -0.1) is 30.6 Å². The Kier molecular flexibility index (Phi) is 13.5. The number of nitriles is 1. The molecule has 0 atom stereocenters. The van der Waals surface area contributed by atoms with Gasteiger partial charge in [-0.25, -0.2) is 0 Å². The highest BCUT2D eigenvalue weighted by atomic mass is 15.2. The molecule has 0 amide bonds. The third-order valence-corrected chi connectivity index (χ3v) is 22.1. The minimum Gasteiger partial charge on any atom is -0.292 e. The second kappa shape index (κ2) is 25.5. The van der Waals surface area contributed by atoms with Gasteiger partial charge in [0.15, 0.2) is 17.5 Å². The number of benzene rings is 16. The summed E-state index contributed by atoms with van der Waals surface area (Å²) in [4.78, 5) is 0. The lowest BCUT2D eigenvalue weighted by molar-refractivity contribution is 0.660. The smallest absolute Gasteiger partial charge is 0.168 e. The normalized spacial score (nSPS) is 13.0. The van der Waals surface area contributed by atoms with Crippen LogP contribution in [0.25, 0.3) is 192 Å². The molecule has 0 saturated carbocycles. The molecular formula is C100H64N10. The molecule has 0 spiro atoms. The van der Waals surface area contributed by atoms with Gasteiger partial charge in [0.05, 0.1) is 51.6 Å². The molecule has 0 aliphatic heterocycles. The largest absolute Gasteiger partial charge is 0.292 e. The van der Waals surface area contributed by atoms with Crippen LogP contribution in [-0.2, 0) is 5.41 Å². The van der Waals surface area contributed by atoms with Gasteiger partial charge in [-0.2, -0.15) is 5.26 Å². The van der Waals surface area contributed by atoms with Crippen molar-refractivity contribution in [2.45, 2.75) is 19.3 Å². The molecule has 22 aromatic rings. The third kappa shape index (κ3) is 10.2. The SMILES string of the molecule is CC1(C)c2ccccc2-c2cc(-c3nnc(-n4c5ccccc5c5cc6ccccc6cc54)c4ccccc34)ccc21.N#Cc1ccc(-c2nnc(-n3c4ccccc4c4cc5ccccc5cc43)c3ccccc23)cc1.[2H]c1c([2H])c([2H])c(-c2nnc(-n3c4ccccc4c4cc5ccccc5cc43)c3ccccc23)c([2H])c1[2H]. The minimum atomic E-state index is -0.435. The van der Waals surface area contributed by atoms with E-state index >= 15 is 0 Å². The highest BCUT2D eigenvalue weighted by molar-refractivity contribution is 6.18. The van der Waals surface area contributed by atoms with Crippen LogP contribution in [0.15, 0.2) is 352 Å². The zero-order valence-electron chi connectivity index (χ0n) is 64.6. The van der Waals surface area contributed by atoms with E-state index in [1.807, 2.05) is 84.9 Å². The van der Waals surface area contributed by atoms with Crippen LogP contribution in [0, 0.1) is 11.3 Å². The number of fused-ring (bicyclic) bond motifs is 18. The number of aromatic nitrogens is 9. The van der Waals surface area contributed by atoms with Crippen LogP contribution in [0.4, 0.5) is 0 Å². The van der Waals surface area contributed by atoms with Crippen LogP contribution in [0.1, 0.15) is 37.4 Å². The first-order chi connectivity index (χ1) is 56.4. The molecule has 6 heterocycles. The number of nitrogens with zero attached hydrogens (tertiary/aromatic N) is 10. The molecule has 6 aromatic heterocycles. The summed E-state index contributed by atoms with van der Waals surface area (Å²) in [5, 5.41) is 57.5. The summed E-state index contributed by atoms with van der Waals surface area (Å²) in [5.41, 5.74) is 16.4. The molecule has 16 aromatic carbocycles. The number of para-hydroxylation sites is 3.